The van der Waals surface area contributed by atoms with Crippen LogP contribution in [0.15, 0.2) is 11.4 Å². The highest BCUT2D eigenvalue weighted by atomic mass is 32.1. The smallest absolute Gasteiger partial charge is 0.0331 e. The molecule has 0 radical (unpaired) electrons. The lowest BCUT2D eigenvalue weighted by atomic mass is 10.0. The van der Waals surface area contributed by atoms with E-state index in [4.69, 9.17) is 5.73 Å². The van der Waals surface area contributed by atoms with E-state index in [2.05, 4.69) is 30.2 Å². The lowest BCUT2D eigenvalue weighted by molar-refractivity contribution is 0.195. The molecule has 0 amide bonds. The van der Waals surface area contributed by atoms with Crippen LogP contribution in [0.2, 0.25) is 0 Å². The van der Waals surface area contributed by atoms with Crippen molar-refractivity contribution in [1.82, 2.24) is 4.90 Å². The summed E-state index contributed by atoms with van der Waals surface area (Å²) < 4.78 is 0. The van der Waals surface area contributed by atoms with Gasteiger partial charge in [0, 0.05) is 23.5 Å². The normalized spacial score (nSPS) is 23.1. The fraction of sp³-hybridized carbons (Fsp3) is 0.692. The molecule has 0 fully saturated rings. The minimum absolute atomic E-state index is 0.344. The van der Waals surface area contributed by atoms with Gasteiger partial charge in [0.15, 0.2) is 0 Å². The van der Waals surface area contributed by atoms with Gasteiger partial charge in [-0.1, -0.05) is 0 Å². The molecule has 0 saturated heterocycles. The first-order valence-corrected chi connectivity index (χ1v) is 7.12. The van der Waals surface area contributed by atoms with Gasteiger partial charge in [-0.2, -0.15) is 0 Å². The summed E-state index contributed by atoms with van der Waals surface area (Å²) in [7, 11) is 0. The Morgan fingerprint density at radius 2 is 2.44 bits per heavy atom. The third-order valence-corrected chi connectivity index (χ3v) is 4.51. The molecule has 0 aliphatic carbocycles. The molecule has 1 aromatic heterocycles. The van der Waals surface area contributed by atoms with Crippen LogP contribution in [0, 0.1) is 0 Å². The van der Waals surface area contributed by atoms with Crippen LogP contribution in [0.3, 0.4) is 0 Å². The third kappa shape index (κ3) is 2.65. The molecule has 90 valence electrons. The molecule has 2 unspecified atom stereocenters. The minimum atomic E-state index is 0.344. The third-order valence-electron chi connectivity index (χ3n) is 3.51. The summed E-state index contributed by atoms with van der Waals surface area (Å²) >= 11 is 1.91. The zero-order chi connectivity index (χ0) is 11.5. The van der Waals surface area contributed by atoms with Crippen molar-refractivity contribution in [3.05, 3.63) is 21.9 Å². The summed E-state index contributed by atoms with van der Waals surface area (Å²) in [4.78, 5) is 4.19. The molecule has 2 N–H and O–H groups in total. The van der Waals surface area contributed by atoms with Crippen molar-refractivity contribution in [1.29, 1.82) is 0 Å². The highest BCUT2D eigenvalue weighted by Crippen LogP contribution is 2.32. The van der Waals surface area contributed by atoms with Gasteiger partial charge >= 0.3 is 0 Å². The van der Waals surface area contributed by atoms with Crippen LogP contribution in [0.25, 0.3) is 0 Å². The van der Waals surface area contributed by atoms with Gasteiger partial charge in [-0.15, -0.1) is 11.3 Å². The molecule has 0 aromatic carbocycles. The fourth-order valence-corrected chi connectivity index (χ4v) is 3.45. The van der Waals surface area contributed by atoms with Gasteiger partial charge < -0.3 is 5.73 Å². The lowest BCUT2D eigenvalue weighted by Gasteiger charge is -2.33. The Bertz CT molecular complexity index is 332. The summed E-state index contributed by atoms with van der Waals surface area (Å²) in [6, 6.07) is 3.24. The molecule has 2 rings (SSSR count). The van der Waals surface area contributed by atoms with Crippen LogP contribution < -0.4 is 5.73 Å². The van der Waals surface area contributed by atoms with E-state index < -0.39 is 0 Å². The standard InChI is InChI=1S/C13H22N2S/c1-10(14)4-3-7-15-8-5-13-12(11(15)2)6-9-16-13/h6,9-11H,3-5,7-8,14H2,1-2H3. The molecule has 2 nitrogen and oxygen atoms in total. The maximum atomic E-state index is 5.79. The van der Waals surface area contributed by atoms with Gasteiger partial charge in [0.1, 0.15) is 0 Å². The first kappa shape index (κ1) is 12.1. The maximum absolute atomic E-state index is 5.79. The predicted octanol–water partition coefficient (Wildman–Crippen LogP) is 2.79. The van der Waals surface area contributed by atoms with Gasteiger partial charge in [-0.3, -0.25) is 4.90 Å². The number of nitrogens with zero attached hydrogens (tertiary/aromatic N) is 1. The molecule has 2 heterocycles. The summed E-state index contributed by atoms with van der Waals surface area (Å²) in [5.74, 6) is 0. The lowest BCUT2D eigenvalue weighted by Crippen LogP contribution is -2.34. The predicted molar refractivity (Wildman–Crippen MR) is 70.9 cm³/mol. The van der Waals surface area contributed by atoms with E-state index >= 15 is 0 Å². The minimum Gasteiger partial charge on any atom is -0.328 e. The Morgan fingerprint density at radius 1 is 1.62 bits per heavy atom. The Labute approximate surface area is 102 Å². The Balaban J connectivity index is 1.89. The van der Waals surface area contributed by atoms with E-state index in [9.17, 15) is 0 Å². The molecule has 1 aliphatic rings. The zero-order valence-electron chi connectivity index (χ0n) is 10.3. The Kier molecular flexibility index (Phi) is 4.00. The van der Waals surface area contributed by atoms with Crippen molar-refractivity contribution in [3.63, 3.8) is 0 Å². The van der Waals surface area contributed by atoms with Gasteiger partial charge in [0.05, 0.1) is 0 Å². The monoisotopic (exact) mass is 238 g/mol. The molecule has 1 aromatic rings. The molecule has 0 saturated carbocycles. The molecule has 1 aliphatic heterocycles. The SMILES string of the molecule is CC(N)CCCN1CCc2sccc2C1C. The fourth-order valence-electron chi connectivity index (χ4n) is 2.48. The Hall–Kier alpha value is -0.380. The van der Waals surface area contributed by atoms with Crippen LogP contribution in [0.1, 0.15) is 43.2 Å². The van der Waals surface area contributed by atoms with E-state index in [-0.39, 0.29) is 0 Å². The topological polar surface area (TPSA) is 29.3 Å². The van der Waals surface area contributed by atoms with Crippen molar-refractivity contribution >= 4 is 11.3 Å². The van der Waals surface area contributed by atoms with E-state index in [1.165, 1.54) is 25.9 Å². The van der Waals surface area contributed by atoms with Crippen LogP contribution >= 0.6 is 11.3 Å². The van der Waals surface area contributed by atoms with E-state index in [0.717, 1.165) is 6.42 Å². The molecular weight excluding hydrogens is 216 g/mol. The second-order valence-corrected chi connectivity index (χ2v) is 5.88. The maximum Gasteiger partial charge on any atom is 0.0331 e. The summed E-state index contributed by atoms with van der Waals surface area (Å²) in [6.07, 6.45) is 3.59. The summed E-state index contributed by atoms with van der Waals surface area (Å²) in [6.45, 7) is 6.83. The van der Waals surface area contributed by atoms with Crippen molar-refractivity contribution in [2.75, 3.05) is 13.1 Å². The van der Waals surface area contributed by atoms with Crippen LogP contribution in [0.4, 0.5) is 0 Å². The second kappa shape index (κ2) is 5.30. The highest BCUT2D eigenvalue weighted by Gasteiger charge is 2.23. The zero-order valence-corrected chi connectivity index (χ0v) is 11.1. The average Bonchev–Trinajstić information content (AvgIpc) is 2.69. The number of fused-ring (bicyclic) bond motifs is 1. The molecule has 0 bridgehead atoms. The van der Waals surface area contributed by atoms with E-state index in [0.29, 0.717) is 12.1 Å². The van der Waals surface area contributed by atoms with Gasteiger partial charge in [0.25, 0.3) is 0 Å². The van der Waals surface area contributed by atoms with Gasteiger partial charge in [-0.05, 0) is 56.7 Å². The molecule has 2 atom stereocenters. The largest absolute Gasteiger partial charge is 0.328 e. The van der Waals surface area contributed by atoms with Crippen LogP contribution in [-0.4, -0.2) is 24.0 Å². The van der Waals surface area contributed by atoms with Crippen molar-refractivity contribution in [2.45, 2.75) is 45.2 Å². The molecule has 0 spiro atoms. The van der Waals surface area contributed by atoms with Crippen LogP contribution in [-0.2, 0) is 6.42 Å². The summed E-state index contributed by atoms with van der Waals surface area (Å²) in [5, 5.41) is 2.23. The first-order chi connectivity index (χ1) is 7.68. The number of nitrogens with two attached hydrogens (primary N) is 1. The van der Waals surface area contributed by atoms with Crippen LogP contribution in [0.5, 0.6) is 0 Å². The van der Waals surface area contributed by atoms with E-state index in [1.54, 1.807) is 10.4 Å². The van der Waals surface area contributed by atoms with Gasteiger partial charge in [-0.25, -0.2) is 0 Å². The van der Waals surface area contributed by atoms with E-state index in [1.807, 2.05) is 11.3 Å². The quantitative estimate of drug-likeness (QED) is 0.874. The van der Waals surface area contributed by atoms with Gasteiger partial charge in [0.2, 0.25) is 0 Å². The Morgan fingerprint density at radius 3 is 3.19 bits per heavy atom. The number of hydrogen-bond acceptors (Lipinski definition) is 3. The molecule has 16 heavy (non-hydrogen) atoms. The second-order valence-electron chi connectivity index (χ2n) is 4.88. The van der Waals surface area contributed by atoms with Crippen molar-refractivity contribution < 1.29 is 0 Å². The molecular formula is C13H22N2S. The van der Waals surface area contributed by atoms with Crippen molar-refractivity contribution in [2.24, 2.45) is 5.73 Å². The molecule has 3 heteroatoms. The first-order valence-electron chi connectivity index (χ1n) is 6.24. The summed E-state index contributed by atoms with van der Waals surface area (Å²) in [5.41, 5.74) is 7.34. The number of hydrogen-bond donors (Lipinski definition) is 1. The highest BCUT2D eigenvalue weighted by molar-refractivity contribution is 7.10. The number of thiophene rings is 1. The average molecular weight is 238 g/mol. The van der Waals surface area contributed by atoms with Crippen molar-refractivity contribution in [3.8, 4) is 0 Å². The number of rotatable bonds is 4.